The Balaban J connectivity index is 1.83. The average Bonchev–Trinajstić information content (AvgIpc) is 3.37. The summed E-state index contributed by atoms with van der Waals surface area (Å²) < 4.78 is 2.00. The Kier molecular flexibility index (Phi) is 4.23. The minimum atomic E-state index is -0.305. The number of aromatic nitrogens is 3. The summed E-state index contributed by atoms with van der Waals surface area (Å²) in [6, 6.07) is 8.26. The predicted molar refractivity (Wildman–Crippen MR) is 103 cm³/mol. The van der Waals surface area contributed by atoms with Crippen molar-refractivity contribution in [3.05, 3.63) is 47.3 Å². The van der Waals surface area contributed by atoms with Gasteiger partial charge in [-0.25, -0.2) is 4.98 Å². The molecule has 0 unspecified atom stereocenters. The molecule has 1 aliphatic carbocycles. The molecule has 134 valence electrons. The minimum absolute atomic E-state index is 0.269. The molecule has 0 radical (unpaired) electrons. The summed E-state index contributed by atoms with van der Waals surface area (Å²) in [5.74, 6) is 0.287. The largest absolute Gasteiger partial charge is 0.369 e. The normalized spacial score (nSPS) is 14.1. The molecule has 0 aliphatic heterocycles. The molecule has 0 bridgehead atoms. The minimum Gasteiger partial charge on any atom is -0.369 e. The van der Waals surface area contributed by atoms with Gasteiger partial charge in [0.05, 0.1) is 23.3 Å². The van der Waals surface area contributed by atoms with Gasteiger partial charge in [0.1, 0.15) is 0 Å². The highest BCUT2D eigenvalue weighted by molar-refractivity contribution is 5.88. The lowest BCUT2D eigenvalue weighted by molar-refractivity contribution is -0.117. The molecular formula is C21H24N4O. The monoisotopic (exact) mass is 348 g/mol. The molecule has 4 rings (SSSR count). The number of fused-ring (bicyclic) bond motifs is 1. The number of primary amides is 1. The van der Waals surface area contributed by atoms with Crippen molar-refractivity contribution in [1.29, 1.82) is 0 Å². The van der Waals surface area contributed by atoms with Gasteiger partial charge in [-0.1, -0.05) is 13.0 Å². The van der Waals surface area contributed by atoms with E-state index in [0.29, 0.717) is 5.92 Å². The molecular weight excluding hydrogens is 324 g/mol. The highest BCUT2D eigenvalue weighted by Crippen LogP contribution is 2.44. The van der Waals surface area contributed by atoms with Crippen LogP contribution in [0, 0.1) is 6.92 Å². The number of aryl methyl sites for hydroxylation is 2. The third-order valence-corrected chi connectivity index (χ3v) is 4.98. The Hall–Kier alpha value is -2.69. The zero-order chi connectivity index (χ0) is 18.3. The van der Waals surface area contributed by atoms with Crippen LogP contribution in [0.3, 0.4) is 0 Å². The second-order valence-electron chi connectivity index (χ2n) is 7.26. The Morgan fingerprint density at radius 2 is 2.12 bits per heavy atom. The number of carbonyl (C=O) groups excluding carboxylic acids is 1. The van der Waals surface area contributed by atoms with Crippen LogP contribution in [-0.4, -0.2) is 20.7 Å². The van der Waals surface area contributed by atoms with E-state index in [1.165, 1.54) is 18.4 Å². The van der Waals surface area contributed by atoms with Crippen LogP contribution in [0.25, 0.3) is 22.2 Å². The summed E-state index contributed by atoms with van der Waals surface area (Å²) in [5, 5.41) is 5.77. The summed E-state index contributed by atoms with van der Waals surface area (Å²) in [4.78, 5) is 16.2. The highest BCUT2D eigenvalue weighted by atomic mass is 16.1. The van der Waals surface area contributed by atoms with Crippen molar-refractivity contribution in [1.82, 2.24) is 14.8 Å². The molecule has 0 spiro atoms. The lowest BCUT2D eigenvalue weighted by Crippen LogP contribution is -2.13. The average molecular weight is 348 g/mol. The van der Waals surface area contributed by atoms with Crippen molar-refractivity contribution in [2.75, 3.05) is 0 Å². The first-order chi connectivity index (χ1) is 12.5. The van der Waals surface area contributed by atoms with Gasteiger partial charge in [0.25, 0.3) is 0 Å². The third-order valence-electron chi connectivity index (χ3n) is 4.98. The van der Waals surface area contributed by atoms with Crippen LogP contribution in [0.1, 0.15) is 48.9 Å². The number of amides is 1. The first kappa shape index (κ1) is 16.8. The Morgan fingerprint density at radius 1 is 1.31 bits per heavy atom. The van der Waals surface area contributed by atoms with Crippen LogP contribution in [0.5, 0.6) is 0 Å². The number of rotatable bonds is 6. The maximum atomic E-state index is 11.3. The van der Waals surface area contributed by atoms with Gasteiger partial charge in [-0.3, -0.25) is 9.48 Å². The lowest BCUT2D eigenvalue weighted by atomic mass is 9.99. The first-order valence-electron chi connectivity index (χ1n) is 9.31. The van der Waals surface area contributed by atoms with Gasteiger partial charge in [0.15, 0.2) is 0 Å². The van der Waals surface area contributed by atoms with Gasteiger partial charge >= 0.3 is 0 Å². The fourth-order valence-corrected chi connectivity index (χ4v) is 3.59. The zero-order valence-electron chi connectivity index (χ0n) is 15.3. The quantitative estimate of drug-likeness (QED) is 0.738. The first-order valence-corrected chi connectivity index (χ1v) is 9.31. The smallest absolute Gasteiger partial charge is 0.221 e. The molecule has 2 aromatic heterocycles. The number of hydrogen-bond acceptors (Lipinski definition) is 3. The van der Waals surface area contributed by atoms with Gasteiger partial charge in [0, 0.05) is 23.7 Å². The molecule has 3 aromatic rings. The van der Waals surface area contributed by atoms with Crippen molar-refractivity contribution in [3.63, 3.8) is 0 Å². The Bertz CT molecular complexity index is 985. The number of nitrogens with two attached hydrogens (primary N) is 1. The molecule has 1 aromatic carbocycles. The maximum Gasteiger partial charge on any atom is 0.221 e. The molecule has 1 saturated carbocycles. The summed E-state index contributed by atoms with van der Waals surface area (Å²) in [6.45, 7) is 5.11. The maximum absolute atomic E-state index is 11.3. The van der Waals surface area contributed by atoms with Gasteiger partial charge < -0.3 is 5.73 Å². The van der Waals surface area contributed by atoms with E-state index in [-0.39, 0.29) is 12.3 Å². The van der Waals surface area contributed by atoms with Crippen molar-refractivity contribution in [2.45, 2.75) is 52.0 Å². The Morgan fingerprint density at radius 3 is 2.81 bits per heavy atom. The molecule has 1 fully saturated rings. The second kappa shape index (κ2) is 6.56. The highest BCUT2D eigenvalue weighted by Gasteiger charge is 2.27. The van der Waals surface area contributed by atoms with Crippen molar-refractivity contribution < 1.29 is 4.79 Å². The topological polar surface area (TPSA) is 73.8 Å². The van der Waals surface area contributed by atoms with E-state index in [1.54, 1.807) is 0 Å². The third kappa shape index (κ3) is 3.21. The van der Waals surface area contributed by atoms with E-state index in [4.69, 9.17) is 10.7 Å². The molecule has 1 aliphatic rings. The SMILES string of the molecule is CCCn1cc(-c2cc(C3CC3)c3cc(CC(N)=O)ccc3n2)c(C)n1. The van der Waals surface area contributed by atoms with Gasteiger partial charge in [-0.15, -0.1) is 0 Å². The number of carbonyl (C=O) groups is 1. The Labute approximate surface area is 153 Å². The zero-order valence-corrected chi connectivity index (χ0v) is 15.3. The van der Waals surface area contributed by atoms with E-state index < -0.39 is 0 Å². The summed E-state index contributed by atoms with van der Waals surface area (Å²) in [7, 11) is 0. The van der Waals surface area contributed by atoms with E-state index >= 15 is 0 Å². The number of hydrogen-bond donors (Lipinski definition) is 1. The van der Waals surface area contributed by atoms with Gasteiger partial charge in [0.2, 0.25) is 5.91 Å². The molecule has 0 saturated heterocycles. The van der Waals surface area contributed by atoms with Crippen LogP contribution < -0.4 is 5.73 Å². The summed E-state index contributed by atoms with van der Waals surface area (Å²) in [6.07, 6.45) is 5.86. The van der Waals surface area contributed by atoms with Gasteiger partial charge in [-0.2, -0.15) is 5.10 Å². The van der Waals surface area contributed by atoms with Crippen LogP contribution in [0.15, 0.2) is 30.5 Å². The fraction of sp³-hybridized carbons (Fsp3) is 0.381. The van der Waals surface area contributed by atoms with Gasteiger partial charge in [-0.05, 0) is 61.4 Å². The second-order valence-corrected chi connectivity index (χ2v) is 7.26. The lowest BCUT2D eigenvalue weighted by Gasteiger charge is -2.10. The van der Waals surface area contributed by atoms with E-state index in [1.807, 2.05) is 23.7 Å². The van der Waals surface area contributed by atoms with Crippen molar-refractivity contribution >= 4 is 16.8 Å². The molecule has 1 amide bonds. The molecule has 0 atom stereocenters. The number of nitrogens with zero attached hydrogens (tertiary/aromatic N) is 3. The number of benzene rings is 1. The predicted octanol–water partition coefficient (Wildman–Crippen LogP) is 3.72. The molecule has 2 N–H and O–H groups in total. The van der Waals surface area contributed by atoms with Crippen molar-refractivity contribution in [3.8, 4) is 11.3 Å². The number of pyridine rings is 1. The van der Waals surface area contributed by atoms with E-state index in [9.17, 15) is 4.79 Å². The molecule has 2 heterocycles. The molecule has 5 nitrogen and oxygen atoms in total. The van der Waals surface area contributed by atoms with Crippen LogP contribution >= 0.6 is 0 Å². The molecule has 5 heteroatoms. The van der Waals surface area contributed by atoms with Crippen LogP contribution in [0.4, 0.5) is 0 Å². The van der Waals surface area contributed by atoms with Crippen LogP contribution in [0.2, 0.25) is 0 Å². The fourth-order valence-electron chi connectivity index (χ4n) is 3.59. The molecule has 26 heavy (non-hydrogen) atoms. The van der Waals surface area contributed by atoms with E-state index in [0.717, 1.165) is 46.4 Å². The summed E-state index contributed by atoms with van der Waals surface area (Å²) in [5.41, 5.74) is 11.7. The van der Waals surface area contributed by atoms with E-state index in [2.05, 4.69) is 30.4 Å². The van der Waals surface area contributed by atoms with Crippen LogP contribution in [-0.2, 0) is 17.8 Å². The summed E-state index contributed by atoms with van der Waals surface area (Å²) >= 11 is 0. The van der Waals surface area contributed by atoms with Crippen molar-refractivity contribution in [2.24, 2.45) is 5.73 Å². The standard InChI is InChI=1S/C21H24N4O/c1-3-8-25-12-18(13(2)24-25)20-11-16(15-5-6-15)17-9-14(10-21(22)26)4-7-19(17)23-20/h4,7,9,11-12,15H,3,5-6,8,10H2,1-2H3,(H2,22,26).